The number of hydrogen-bond donors (Lipinski definition) is 3. The van der Waals surface area contributed by atoms with Gasteiger partial charge in [-0.2, -0.15) is 10.1 Å². The number of benzene rings is 2. The van der Waals surface area contributed by atoms with Crippen molar-refractivity contribution in [2.45, 2.75) is 19.6 Å². The number of nitrogens with zero attached hydrogens (tertiary/aromatic N) is 4. The molecule has 0 aliphatic rings. The van der Waals surface area contributed by atoms with Crippen LogP contribution in [-0.4, -0.2) is 42.6 Å². The Morgan fingerprint density at radius 2 is 1.91 bits per heavy atom. The van der Waals surface area contributed by atoms with E-state index in [1.165, 1.54) is 16.2 Å². The fraction of sp³-hybridized carbons (Fsp3) is 0.217. The lowest BCUT2D eigenvalue weighted by Gasteiger charge is -2.15. The molecule has 2 aromatic heterocycles. The van der Waals surface area contributed by atoms with Gasteiger partial charge >= 0.3 is 5.69 Å². The SMILES string of the molecule is C/C(=N\Nc1nc2c(c(=O)[nH]c(=O)n2C)n1CC(O)COc1ccc(Br)cc1)c1ccccc1. The zero-order valence-electron chi connectivity index (χ0n) is 18.5. The smallest absolute Gasteiger partial charge is 0.329 e. The van der Waals surface area contributed by atoms with Crippen molar-refractivity contribution in [3.05, 3.63) is 85.5 Å². The van der Waals surface area contributed by atoms with Gasteiger partial charge in [0.05, 0.1) is 12.3 Å². The summed E-state index contributed by atoms with van der Waals surface area (Å²) in [4.78, 5) is 31.4. The van der Waals surface area contributed by atoms with E-state index in [0.717, 1.165) is 10.0 Å². The number of rotatable bonds is 8. The maximum absolute atomic E-state index is 12.6. The summed E-state index contributed by atoms with van der Waals surface area (Å²) in [6.07, 6.45) is -0.975. The lowest BCUT2D eigenvalue weighted by molar-refractivity contribution is 0.0938. The van der Waals surface area contributed by atoms with Crippen molar-refractivity contribution < 1.29 is 9.84 Å². The van der Waals surface area contributed by atoms with E-state index >= 15 is 0 Å². The largest absolute Gasteiger partial charge is 0.491 e. The number of aliphatic hydroxyl groups excluding tert-OH is 1. The van der Waals surface area contributed by atoms with Crippen LogP contribution in [0.5, 0.6) is 5.75 Å². The number of aryl methyl sites for hydroxylation is 1. The average Bonchev–Trinajstić information content (AvgIpc) is 3.20. The summed E-state index contributed by atoms with van der Waals surface area (Å²) in [5.74, 6) is 0.805. The predicted octanol–water partition coefficient (Wildman–Crippen LogP) is 2.46. The topological polar surface area (TPSA) is 127 Å². The number of fused-ring (bicyclic) bond motifs is 1. The third-order valence-electron chi connectivity index (χ3n) is 5.17. The number of aromatic nitrogens is 4. The first-order valence-electron chi connectivity index (χ1n) is 10.4. The average molecular weight is 527 g/mol. The molecule has 2 aromatic carbocycles. The molecule has 1 atom stereocenters. The summed E-state index contributed by atoms with van der Waals surface area (Å²) in [5, 5.41) is 15.0. The number of nitrogens with one attached hydrogen (secondary N) is 2. The van der Waals surface area contributed by atoms with E-state index in [1.54, 1.807) is 12.1 Å². The van der Waals surface area contributed by atoms with Crippen LogP contribution in [0.15, 0.2) is 73.8 Å². The Kier molecular flexibility index (Phi) is 6.94. The summed E-state index contributed by atoms with van der Waals surface area (Å²) >= 11 is 3.36. The molecule has 0 bridgehead atoms. The molecule has 0 saturated carbocycles. The number of ether oxygens (including phenoxy) is 1. The second kappa shape index (κ2) is 10.1. The highest BCUT2D eigenvalue weighted by Crippen LogP contribution is 2.19. The number of aliphatic hydroxyl groups is 1. The molecule has 0 fully saturated rings. The van der Waals surface area contributed by atoms with Crippen LogP contribution in [0.1, 0.15) is 12.5 Å². The van der Waals surface area contributed by atoms with Crippen LogP contribution in [0, 0.1) is 0 Å². The van der Waals surface area contributed by atoms with Gasteiger partial charge in [0.25, 0.3) is 5.56 Å². The molecule has 1 unspecified atom stereocenters. The Balaban J connectivity index is 1.64. The Morgan fingerprint density at radius 3 is 2.62 bits per heavy atom. The van der Waals surface area contributed by atoms with Crippen molar-refractivity contribution in [2.75, 3.05) is 12.0 Å². The third kappa shape index (κ3) is 5.10. The Hall–Kier alpha value is -3.70. The molecule has 0 aliphatic heterocycles. The van der Waals surface area contributed by atoms with Gasteiger partial charge in [-0.05, 0) is 36.8 Å². The minimum absolute atomic E-state index is 0.0171. The van der Waals surface area contributed by atoms with E-state index in [9.17, 15) is 14.7 Å². The zero-order valence-corrected chi connectivity index (χ0v) is 20.1. The lowest BCUT2D eigenvalue weighted by atomic mass is 10.1. The highest BCUT2D eigenvalue weighted by molar-refractivity contribution is 9.10. The molecule has 11 heteroatoms. The van der Waals surface area contributed by atoms with Gasteiger partial charge in [0.2, 0.25) is 5.95 Å². The zero-order chi connectivity index (χ0) is 24.2. The van der Waals surface area contributed by atoms with Crippen LogP contribution in [0.2, 0.25) is 0 Å². The highest BCUT2D eigenvalue weighted by atomic mass is 79.9. The van der Waals surface area contributed by atoms with Gasteiger partial charge in [-0.3, -0.25) is 14.3 Å². The number of H-pyrrole nitrogens is 1. The van der Waals surface area contributed by atoms with E-state index in [4.69, 9.17) is 4.74 Å². The standard InChI is InChI=1S/C23H23BrN6O4/c1-14(15-6-4-3-5-7-15)27-28-22-25-20-19(21(32)26-23(33)29(20)2)30(22)12-17(31)13-34-18-10-8-16(24)9-11-18/h3-11,17,31H,12-13H2,1-2H3,(H,25,28)(H,26,32,33)/b27-14+. The van der Waals surface area contributed by atoms with Gasteiger partial charge < -0.3 is 14.4 Å². The molecule has 0 amide bonds. The van der Waals surface area contributed by atoms with Crippen molar-refractivity contribution in [2.24, 2.45) is 12.1 Å². The van der Waals surface area contributed by atoms with Crippen LogP contribution in [0.4, 0.5) is 5.95 Å². The molecule has 4 rings (SSSR count). The maximum atomic E-state index is 12.6. The number of imidazole rings is 1. The Morgan fingerprint density at radius 1 is 1.21 bits per heavy atom. The second-order valence-corrected chi connectivity index (χ2v) is 8.55. The number of anilines is 1. The maximum Gasteiger partial charge on any atom is 0.329 e. The van der Waals surface area contributed by atoms with Gasteiger partial charge in [-0.25, -0.2) is 10.2 Å². The summed E-state index contributed by atoms with van der Waals surface area (Å²) in [5.41, 5.74) is 3.59. The van der Waals surface area contributed by atoms with Gasteiger partial charge in [-0.15, -0.1) is 0 Å². The van der Waals surface area contributed by atoms with Crippen LogP contribution < -0.4 is 21.4 Å². The van der Waals surface area contributed by atoms with Crippen LogP contribution in [0.3, 0.4) is 0 Å². The molecule has 2 heterocycles. The quantitative estimate of drug-likeness (QED) is 0.239. The van der Waals surface area contributed by atoms with E-state index in [1.807, 2.05) is 49.4 Å². The van der Waals surface area contributed by atoms with E-state index < -0.39 is 17.4 Å². The summed E-state index contributed by atoms with van der Waals surface area (Å²) < 4.78 is 9.30. The molecule has 34 heavy (non-hydrogen) atoms. The Labute approximate surface area is 202 Å². The second-order valence-electron chi connectivity index (χ2n) is 7.63. The molecule has 10 nitrogen and oxygen atoms in total. The molecule has 0 aliphatic carbocycles. The van der Waals surface area contributed by atoms with Crippen LogP contribution in [0.25, 0.3) is 11.2 Å². The number of hydrazone groups is 1. The lowest BCUT2D eigenvalue weighted by Crippen LogP contribution is -2.30. The number of hydrogen-bond acceptors (Lipinski definition) is 7. The van der Waals surface area contributed by atoms with Crippen LogP contribution in [-0.2, 0) is 13.6 Å². The minimum atomic E-state index is -0.975. The van der Waals surface area contributed by atoms with Crippen molar-refractivity contribution in [1.82, 2.24) is 19.1 Å². The van der Waals surface area contributed by atoms with E-state index in [0.29, 0.717) is 11.5 Å². The van der Waals surface area contributed by atoms with Crippen molar-refractivity contribution in [3.63, 3.8) is 0 Å². The van der Waals surface area contributed by atoms with E-state index in [2.05, 4.69) is 36.4 Å². The van der Waals surface area contributed by atoms with Crippen molar-refractivity contribution in [3.8, 4) is 5.75 Å². The molecule has 4 aromatic rings. The molecular formula is C23H23BrN6O4. The summed E-state index contributed by atoms with van der Waals surface area (Å²) in [6, 6.07) is 16.8. The fourth-order valence-electron chi connectivity index (χ4n) is 3.36. The first kappa shape index (κ1) is 23.5. The highest BCUT2D eigenvalue weighted by Gasteiger charge is 2.20. The Bertz CT molecular complexity index is 1440. The first-order chi connectivity index (χ1) is 16.3. The minimum Gasteiger partial charge on any atom is -0.491 e. The van der Waals surface area contributed by atoms with Gasteiger partial charge in [0.1, 0.15) is 18.5 Å². The molecule has 176 valence electrons. The number of aromatic amines is 1. The third-order valence-corrected chi connectivity index (χ3v) is 5.70. The van der Waals surface area contributed by atoms with Gasteiger partial charge in [-0.1, -0.05) is 46.3 Å². The van der Waals surface area contributed by atoms with E-state index in [-0.39, 0.29) is 30.3 Å². The fourth-order valence-corrected chi connectivity index (χ4v) is 3.63. The normalized spacial score (nSPS) is 12.6. The molecule has 0 spiro atoms. The number of halogens is 1. The van der Waals surface area contributed by atoms with Gasteiger partial charge in [0.15, 0.2) is 11.2 Å². The van der Waals surface area contributed by atoms with Crippen LogP contribution >= 0.6 is 15.9 Å². The van der Waals surface area contributed by atoms with Gasteiger partial charge in [0, 0.05) is 11.5 Å². The molecule has 3 N–H and O–H groups in total. The molecule has 0 radical (unpaired) electrons. The molecule has 0 saturated heterocycles. The summed E-state index contributed by atoms with van der Waals surface area (Å²) in [7, 11) is 1.51. The van der Waals surface area contributed by atoms with Crippen molar-refractivity contribution >= 4 is 38.8 Å². The summed E-state index contributed by atoms with van der Waals surface area (Å²) in [6.45, 7) is 1.80. The molecular weight excluding hydrogens is 504 g/mol. The first-order valence-corrected chi connectivity index (χ1v) is 11.2. The van der Waals surface area contributed by atoms with Crippen molar-refractivity contribution in [1.29, 1.82) is 0 Å². The monoisotopic (exact) mass is 526 g/mol. The predicted molar refractivity (Wildman–Crippen MR) is 134 cm³/mol.